The second-order valence-corrected chi connectivity index (χ2v) is 11.0. The van der Waals surface area contributed by atoms with Gasteiger partial charge in [-0.05, 0) is 49.7 Å². The Morgan fingerprint density at radius 3 is 2.24 bits per heavy atom. The Morgan fingerprint density at radius 2 is 1.56 bits per heavy atom. The average molecular weight is 581 g/mol. The number of anilines is 2. The molecular weight excluding hydrogens is 548 g/mol. The number of benzene rings is 2. The fourth-order valence-electron chi connectivity index (χ4n) is 3.95. The summed E-state index contributed by atoms with van der Waals surface area (Å²) in [6.45, 7) is 5.29. The highest BCUT2D eigenvalue weighted by atomic mass is 32.2. The number of aromatic nitrogens is 3. The molecule has 0 aliphatic heterocycles. The van der Waals surface area contributed by atoms with Crippen LogP contribution >= 0.6 is 0 Å². The van der Waals surface area contributed by atoms with Crippen LogP contribution < -0.4 is 16.4 Å². The monoisotopic (exact) mass is 580 g/mol. The van der Waals surface area contributed by atoms with Gasteiger partial charge < -0.3 is 20.5 Å². The zero-order valence-electron chi connectivity index (χ0n) is 22.8. The molecule has 13 heteroatoms. The first kappa shape index (κ1) is 29.8. The van der Waals surface area contributed by atoms with E-state index >= 15 is 0 Å². The fraction of sp³-hybridized carbons (Fsp3) is 0.286. The molecule has 0 atom stereocenters. The van der Waals surface area contributed by atoms with Crippen LogP contribution in [0.1, 0.15) is 27.9 Å². The Kier molecular flexibility index (Phi) is 9.78. The van der Waals surface area contributed by atoms with E-state index in [1.54, 1.807) is 30.6 Å². The van der Waals surface area contributed by atoms with Crippen LogP contribution in [0.5, 0.6) is 0 Å². The largest absolute Gasteiger partial charge is 0.379 e. The van der Waals surface area contributed by atoms with Crippen LogP contribution in [-0.2, 0) is 24.3 Å². The molecule has 0 bridgehead atoms. The smallest absolute Gasteiger partial charge is 0.268 e. The molecule has 0 aliphatic rings. The van der Waals surface area contributed by atoms with E-state index in [4.69, 9.17) is 15.2 Å². The lowest BCUT2D eigenvalue weighted by Crippen LogP contribution is -2.21. The van der Waals surface area contributed by atoms with Crippen molar-refractivity contribution in [3.63, 3.8) is 0 Å². The van der Waals surface area contributed by atoms with Crippen LogP contribution in [0.3, 0.4) is 0 Å². The number of carbonyl (C=O) groups is 2. The van der Waals surface area contributed by atoms with Crippen LogP contribution in [0.2, 0.25) is 0 Å². The highest BCUT2D eigenvalue weighted by molar-refractivity contribution is 7.90. The van der Waals surface area contributed by atoms with Crippen molar-refractivity contribution in [2.24, 2.45) is 5.73 Å². The summed E-state index contributed by atoms with van der Waals surface area (Å²) in [6.07, 6.45) is 4.51. The molecule has 0 aliphatic carbocycles. The minimum atomic E-state index is -3.95. The van der Waals surface area contributed by atoms with Crippen molar-refractivity contribution >= 4 is 44.4 Å². The molecule has 0 radical (unpaired) electrons. The molecule has 2 amide bonds. The summed E-state index contributed by atoms with van der Waals surface area (Å²) in [5.41, 5.74) is 7.67. The van der Waals surface area contributed by atoms with Crippen molar-refractivity contribution in [2.45, 2.75) is 25.2 Å². The number of carbonyl (C=O) groups excluding carboxylic acids is 2. The molecule has 0 saturated carbocycles. The van der Waals surface area contributed by atoms with Crippen molar-refractivity contribution in [3.8, 4) is 0 Å². The first-order valence-corrected chi connectivity index (χ1v) is 14.4. The van der Waals surface area contributed by atoms with E-state index in [0.717, 1.165) is 15.1 Å². The third kappa shape index (κ3) is 7.32. The van der Waals surface area contributed by atoms with Crippen LogP contribution in [-0.4, -0.2) is 67.1 Å². The number of aryl methyl sites for hydroxylation is 2. The Balaban J connectivity index is 1.63. The molecule has 0 unspecified atom stereocenters. The summed E-state index contributed by atoms with van der Waals surface area (Å²) in [5.74, 6) is -0.911. The molecule has 0 saturated heterocycles. The van der Waals surface area contributed by atoms with Gasteiger partial charge >= 0.3 is 0 Å². The van der Waals surface area contributed by atoms with Crippen molar-refractivity contribution in [1.29, 1.82) is 0 Å². The molecule has 4 rings (SSSR count). The lowest BCUT2D eigenvalue weighted by molar-refractivity contribution is -0.117. The minimum absolute atomic E-state index is 0.00220. The summed E-state index contributed by atoms with van der Waals surface area (Å²) in [5, 5.41) is 5.76. The normalized spacial score (nSPS) is 11.5. The second-order valence-electron chi connectivity index (χ2n) is 9.20. The SMILES string of the molecule is Cc1ccc(S(=O)(=O)n2ccc3c(NC(=O)CCOCCOCCN)c(C(=O)Nc4ncc(C)cn4)ccc32)cc1. The van der Waals surface area contributed by atoms with Gasteiger partial charge in [0.15, 0.2) is 0 Å². The van der Waals surface area contributed by atoms with Gasteiger partial charge in [0.05, 0.1) is 54.5 Å². The maximum atomic E-state index is 13.5. The van der Waals surface area contributed by atoms with Crippen molar-refractivity contribution in [3.05, 3.63) is 77.7 Å². The first-order chi connectivity index (χ1) is 19.7. The van der Waals surface area contributed by atoms with E-state index < -0.39 is 21.8 Å². The van der Waals surface area contributed by atoms with Crippen LogP contribution in [0.4, 0.5) is 11.6 Å². The van der Waals surface area contributed by atoms with Gasteiger partial charge in [-0.25, -0.2) is 22.4 Å². The molecule has 41 heavy (non-hydrogen) atoms. The van der Waals surface area contributed by atoms with Gasteiger partial charge in [-0.3, -0.25) is 14.9 Å². The van der Waals surface area contributed by atoms with Gasteiger partial charge in [0.25, 0.3) is 15.9 Å². The number of hydrogen-bond acceptors (Lipinski definition) is 9. The number of fused-ring (bicyclic) bond motifs is 1. The number of nitrogens with two attached hydrogens (primary N) is 1. The van der Waals surface area contributed by atoms with Gasteiger partial charge in [-0.2, -0.15) is 0 Å². The third-order valence-electron chi connectivity index (χ3n) is 6.04. The zero-order valence-corrected chi connectivity index (χ0v) is 23.6. The summed E-state index contributed by atoms with van der Waals surface area (Å²) >= 11 is 0. The molecule has 0 spiro atoms. The standard InChI is InChI=1S/C28H32N6O6S/c1-19-3-5-21(6-4-19)41(37,38)34-12-9-22-24(34)8-7-23(27(36)33-28-30-17-20(2)18-31-28)26(22)32-25(35)10-13-39-15-16-40-14-11-29/h3-9,12,17-18H,10-11,13-16,29H2,1-2H3,(H,32,35)(H,30,31,33,36). The van der Waals surface area contributed by atoms with Gasteiger partial charge in [0.1, 0.15) is 0 Å². The van der Waals surface area contributed by atoms with Gasteiger partial charge in [-0.1, -0.05) is 17.7 Å². The molecule has 2 heterocycles. The molecule has 2 aromatic carbocycles. The van der Waals surface area contributed by atoms with Gasteiger partial charge in [-0.15, -0.1) is 0 Å². The number of hydrogen-bond donors (Lipinski definition) is 3. The zero-order chi connectivity index (χ0) is 29.4. The van der Waals surface area contributed by atoms with Crippen molar-refractivity contribution in [1.82, 2.24) is 13.9 Å². The van der Waals surface area contributed by atoms with E-state index in [0.29, 0.717) is 31.8 Å². The van der Waals surface area contributed by atoms with E-state index in [-0.39, 0.29) is 40.6 Å². The summed E-state index contributed by atoms with van der Waals surface area (Å²) < 4.78 is 38.7. The maximum absolute atomic E-state index is 13.5. The van der Waals surface area contributed by atoms with Crippen LogP contribution in [0, 0.1) is 13.8 Å². The van der Waals surface area contributed by atoms with Crippen molar-refractivity contribution < 1.29 is 27.5 Å². The summed E-state index contributed by atoms with van der Waals surface area (Å²) in [6, 6.07) is 11.0. The van der Waals surface area contributed by atoms with Crippen molar-refractivity contribution in [2.75, 3.05) is 43.6 Å². The lowest BCUT2D eigenvalue weighted by Gasteiger charge is -2.14. The highest BCUT2D eigenvalue weighted by Gasteiger charge is 2.23. The van der Waals surface area contributed by atoms with Crippen LogP contribution in [0.15, 0.2) is 66.0 Å². The van der Waals surface area contributed by atoms with Gasteiger partial charge in [0.2, 0.25) is 11.9 Å². The Bertz CT molecular complexity index is 1620. The van der Waals surface area contributed by atoms with E-state index in [9.17, 15) is 18.0 Å². The third-order valence-corrected chi connectivity index (χ3v) is 7.74. The van der Waals surface area contributed by atoms with Gasteiger partial charge in [0, 0.05) is 30.5 Å². The quantitative estimate of drug-likeness (QED) is 0.201. The predicted molar refractivity (Wildman–Crippen MR) is 154 cm³/mol. The molecule has 4 aromatic rings. The average Bonchev–Trinajstić information content (AvgIpc) is 3.40. The Morgan fingerprint density at radius 1 is 0.878 bits per heavy atom. The second kappa shape index (κ2) is 13.5. The Labute approximate surface area is 237 Å². The molecule has 2 aromatic heterocycles. The molecule has 4 N–H and O–H groups in total. The number of rotatable bonds is 13. The number of amides is 2. The van der Waals surface area contributed by atoms with E-state index in [1.165, 1.54) is 30.5 Å². The predicted octanol–water partition coefficient (Wildman–Crippen LogP) is 2.86. The molecule has 12 nitrogen and oxygen atoms in total. The number of nitrogens with zero attached hydrogens (tertiary/aromatic N) is 3. The Hall–Kier alpha value is -4.17. The number of nitrogens with one attached hydrogen (secondary N) is 2. The molecule has 0 fully saturated rings. The highest BCUT2D eigenvalue weighted by Crippen LogP contribution is 2.32. The van der Waals surface area contributed by atoms with E-state index in [1.807, 2.05) is 13.8 Å². The first-order valence-electron chi connectivity index (χ1n) is 12.9. The summed E-state index contributed by atoms with van der Waals surface area (Å²) in [7, 11) is -3.95. The number of ether oxygens (including phenoxy) is 2. The summed E-state index contributed by atoms with van der Waals surface area (Å²) in [4.78, 5) is 34.5. The fourth-order valence-corrected chi connectivity index (χ4v) is 5.29. The maximum Gasteiger partial charge on any atom is 0.268 e. The molecular formula is C28H32N6O6S. The molecule has 216 valence electrons. The minimum Gasteiger partial charge on any atom is -0.379 e. The van der Waals surface area contributed by atoms with E-state index in [2.05, 4.69) is 20.6 Å². The lowest BCUT2D eigenvalue weighted by atomic mass is 10.1. The topological polar surface area (TPSA) is 168 Å². The van der Waals surface area contributed by atoms with Crippen LogP contribution in [0.25, 0.3) is 10.9 Å².